The normalized spacial score (nSPS) is 17.0. The van der Waals surface area contributed by atoms with Crippen molar-refractivity contribution < 1.29 is 0 Å². The highest BCUT2D eigenvalue weighted by atomic mass is 35.5. The lowest BCUT2D eigenvalue weighted by atomic mass is 10.0. The Bertz CT molecular complexity index is 1590. The number of anilines is 2. The van der Waals surface area contributed by atoms with Crippen molar-refractivity contribution in [2.75, 3.05) is 38.0 Å². The van der Waals surface area contributed by atoms with Crippen LogP contribution in [0.15, 0.2) is 71.1 Å². The van der Waals surface area contributed by atoms with Crippen LogP contribution in [0, 0.1) is 11.3 Å². The van der Waals surface area contributed by atoms with Gasteiger partial charge in [0.25, 0.3) is 0 Å². The molecule has 7 nitrogen and oxygen atoms in total. The summed E-state index contributed by atoms with van der Waals surface area (Å²) in [6, 6.07) is 15.1. The highest BCUT2D eigenvalue weighted by Gasteiger charge is 2.25. The van der Waals surface area contributed by atoms with Gasteiger partial charge in [0.2, 0.25) is 0 Å². The van der Waals surface area contributed by atoms with Crippen LogP contribution in [0.4, 0.5) is 11.4 Å². The van der Waals surface area contributed by atoms with Crippen molar-refractivity contribution >= 4 is 51.7 Å². The zero-order chi connectivity index (χ0) is 28.2. The van der Waals surface area contributed by atoms with Gasteiger partial charge >= 0.3 is 0 Å². The molecule has 9 heteroatoms. The Hall–Kier alpha value is -3.35. The maximum atomic E-state index is 9.81. The number of hydrogen-bond donors (Lipinski definition) is 1. The number of piperidine rings is 1. The van der Waals surface area contributed by atoms with E-state index in [-0.39, 0.29) is 0 Å². The number of aromatic nitrogens is 3. The molecule has 2 aromatic heterocycles. The van der Waals surface area contributed by atoms with Crippen LogP contribution in [-0.4, -0.2) is 63.1 Å². The molecule has 0 bridgehead atoms. The molecule has 0 radical (unpaired) electrons. The highest BCUT2D eigenvalue weighted by molar-refractivity contribution is 7.99. The van der Waals surface area contributed by atoms with Gasteiger partial charge in [-0.05, 0) is 81.7 Å². The first-order chi connectivity index (χ1) is 20.1. The highest BCUT2D eigenvalue weighted by Crippen LogP contribution is 2.36. The van der Waals surface area contributed by atoms with E-state index in [0.29, 0.717) is 10.6 Å². The van der Waals surface area contributed by atoms with Gasteiger partial charge in [0.15, 0.2) is 5.16 Å². The molecule has 41 heavy (non-hydrogen) atoms. The summed E-state index contributed by atoms with van der Waals surface area (Å²) in [7, 11) is 1.96. The average Bonchev–Trinajstić information content (AvgIpc) is 3.67. The number of hydrogen-bond acceptors (Lipinski definition) is 7. The van der Waals surface area contributed by atoms with Crippen LogP contribution < -0.4 is 5.32 Å². The second kappa shape index (κ2) is 12.7. The monoisotopic (exact) mass is 583 g/mol. The molecule has 0 atom stereocenters. The average molecular weight is 584 g/mol. The Morgan fingerprint density at radius 3 is 2.66 bits per heavy atom. The van der Waals surface area contributed by atoms with E-state index in [1.54, 1.807) is 12.4 Å². The topological polar surface area (TPSA) is 73.0 Å². The van der Waals surface area contributed by atoms with Crippen LogP contribution in [-0.2, 0) is 7.05 Å². The SMILES string of the molecule is Cn1ccnc1Sc1ccc(Nc2c(C#N)cnc3cc(C=CCN4CCC(N5CCCC5)CC4)ccc23)cc1Cl. The lowest BCUT2D eigenvalue weighted by molar-refractivity contribution is 0.135. The number of aryl methyl sites for hydroxylation is 1. The molecule has 0 aliphatic carbocycles. The molecule has 1 N–H and O–H groups in total. The molecule has 2 saturated heterocycles. The van der Waals surface area contributed by atoms with E-state index in [0.717, 1.165) is 50.5 Å². The Morgan fingerprint density at radius 2 is 1.93 bits per heavy atom. The standard InChI is InChI=1S/C32H34ClN7S/c1-38-18-12-35-32(38)41-30-9-7-25(20-28(30)33)37-31-24(21-34)22-36-29-19-23(6-8-27(29)31)5-4-13-39-16-10-26(11-17-39)40-14-2-3-15-40/h4-9,12,18-20,22,26H,2-3,10-11,13-17H2,1H3,(H,36,37). The summed E-state index contributed by atoms with van der Waals surface area (Å²) in [5.41, 5.74) is 3.97. The van der Waals surface area contributed by atoms with Crippen molar-refractivity contribution in [2.45, 2.75) is 41.8 Å². The van der Waals surface area contributed by atoms with Crippen molar-refractivity contribution in [1.82, 2.24) is 24.3 Å². The molecule has 0 saturated carbocycles. The molecule has 210 valence electrons. The minimum Gasteiger partial charge on any atom is -0.354 e. The van der Waals surface area contributed by atoms with E-state index in [9.17, 15) is 5.26 Å². The molecule has 2 aliphatic rings. The first-order valence-corrected chi connectivity index (χ1v) is 15.4. The summed E-state index contributed by atoms with van der Waals surface area (Å²) in [5.74, 6) is 0. The number of nitriles is 1. The summed E-state index contributed by atoms with van der Waals surface area (Å²) in [6.07, 6.45) is 15.0. The van der Waals surface area contributed by atoms with Gasteiger partial charge in [-0.1, -0.05) is 47.6 Å². The Kier molecular flexibility index (Phi) is 8.59. The maximum absolute atomic E-state index is 9.81. The van der Waals surface area contributed by atoms with E-state index in [1.165, 1.54) is 63.6 Å². The van der Waals surface area contributed by atoms with E-state index in [4.69, 9.17) is 11.6 Å². The number of halogens is 1. The zero-order valence-electron chi connectivity index (χ0n) is 23.3. The Balaban J connectivity index is 1.13. The summed E-state index contributed by atoms with van der Waals surface area (Å²) >= 11 is 8.14. The summed E-state index contributed by atoms with van der Waals surface area (Å²) < 4.78 is 1.96. The summed E-state index contributed by atoms with van der Waals surface area (Å²) in [4.78, 5) is 15.1. The number of likely N-dealkylation sites (tertiary alicyclic amines) is 2. The minimum atomic E-state index is 0.487. The molecule has 2 aromatic carbocycles. The summed E-state index contributed by atoms with van der Waals surface area (Å²) in [6.45, 7) is 5.89. The van der Waals surface area contributed by atoms with Crippen LogP contribution in [0.5, 0.6) is 0 Å². The van der Waals surface area contributed by atoms with Crippen LogP contribution in [0.2, 0.25) is 5.02 Å². The fourth-order valence-electron chi connectivity index (χ4n) is 5.80. The third-order valence-electron chi connectivity index (χ3n) is 8.08. The lowest BCUT2D eigenvalue weighted by Crippen LogP contribution is -2.43. The Morgan fingerprint density at radius 1 is 1.10 bits per heavy atom. The quantitative estimate of drug-likeness (QED) is 0.240. The van der Waals surface area contributed by atoms with Crippen molar-refractivity contribution in [2.24, 2.45) is 7.05 Å². The Labute approximate surface area is 250 Å². The molecular weight excluding hydrogens is 550 g/mol. The van der Waals surface area contributed by atoms with Crippen molar-refractivity contribution in [3.63, 3.8) is 0 Å². The largest absolute Gasteiger partial charge is 0.354 e. The van der Waals surface area contributed by atoms with Gasteiger partial charge in [0.1, 0.15) is 6.07 Å². The van der Waals surface area contributed by atoms with Gasteiger partial charge in [0.05, 0.1) is 21.8 Å². The van der Waals surface area contributed by atoms with Crippen LogP contribution >= 0.6 is 23.4 Å². The van der Waals surface area contributed by atoms with Gasteiger partial charge in [-0.25, -0.2) is 4.98 Å². The lowest BCUT2D eigenvalue weighted by Gasteiger charge is -2.36. The molecule has 4 heterocycles. The molecule has 0 unspecified atom stereocenters. The number of nitrogens with one attached hydrogen (secondary N) is 1. The number of pyridine rings is 1. The first-order valence-electron chi connectivity index (χ1n) is 14.2. The predicted molar refractivity (Wildman–Crippen MR) is 168 cm³/mol. The number of nitrogens with zero attached hydrogens (tertiary/aromatic N) is 6. The molecule has 4 aromatic rings. The fourth-order valence-corrected chi connectivity index (χ4v) is 6.90. The van der Waals surface area contributed by atoms with Gasteiger partial charge in [0, 0.05) is 54.2 Å². The molecule has 0 spiro atoms. The van der Waals surface area contributed by atoms with Crippen molar-refractivity contribution in [3.8, 4) is 6.07 Å². The molecule has 6 rings (SSSR count). The van der Waals surface area contributed by atoms with E-state index < -0.39 is 0 Å². The molecule has 2 fully saturated rings. The predicted octanol–water partition coefficient (Wildman–Crippen LogP) is 6.96. The van der Waals surface area contributed by atoms with E-state index in [2.05, 4.69) is 55.4 Å². The minimum absolute atomic E-state index is 0.487. The van der Waals surface area contributed by atoms with Crippen LogP contribution in [0.1, 0.15) is 36.8 Å². The van der Waals surface area contributed by atoms with E-state index >= 15 is 0 Å². The smallest absolute Gasteiger partial charge is 0.172 e. The third kappa shape index (κ3) is 6.44. The van der Waals surface area contributed by atoms with Crippen LogP contribution in [0.3, 0.4) is 0 Å². The van der Waals surface area contributed by atoms with E-state index in [1.807, 2.05) is 42.1 Å². The number of rotatable bonds is 8. The molecular formula is C32H34ClN7S. The first kappa shape index (κ1) is 27.8. The molecule has 0 amide bonds. The van der Waals surface area contributed by atoms with Crippen molar-refractivity contribution in [3.05, 3.63) is 77.2 Å². The second-order valence-corrected chi connectivity index (χ2v) is 12.2. The zero-order valence-corrected chi connectivity index (χ0v) is 24.8. The number of imidazole rings is 1. The summed E-state index contributed by atoms with van der Waals surface area (Å²) in [5, 5.41) is 15.6. The van der Waals surface area contributed by atoms with Gasteiger partial charge in [-0.15, -0.1) is 0 Å². The van der Waals surface area contributed by atoms with Gasteiger partial charge in [-0.3, -0.25) is 9.88 Å². The van der Waals surface area contributed by atoms with Crippen molar-refractivity contribution in [1.29, 1.82) is 5.26 Å². The third-order valence-corrected chi connectivity index (χ3v) is 9.66. The number of benzene rings is 2. The van der Waals surface area contributed by atoms with Gasteiger partial charge in [-0.2, -0.15) is 5.26 Å². The van der Waals surface area contributed by atoms with Gasteiger partial charge < -0.3 is 14.8 Å². The number of fused-ring (bicyclic) bond motifs is 1. The van der Waals surface area contributed by atoms with Crippen LogP contribution in [0.25, 0.3) is 17.0 Å². The molecule has 2 aliphatic heterocycles. The maximum Gasteiger partial charge on any atom is 0.172 e. The second-order valence-electron chi connectivity index (χ2n) is 10.8. The fraction of sp³-hybridized carbons (Fsp3) is 0.344.